The molecule has 3 heterocycles. The summed E-state index contributed by atoms with van der Waals surface area (Å²) < 4.78 is 12.5. The van der Waals surface area contributed by atoms with Gasteiger partial charge in [-0.2, -0.15) is 0 Å². The van der Waals surface area contributed by atoms with Crippen LogP contribution in [-0.4, -0.2) is 34.8 Å². The summed E-state index contributed by atoms with van der Waals surface area (Å²) >= 11 is 0. The van der Waals surface area contributed by atoms with Gasteiger partial charge in [-0.1, -0.05) is 18.2 Å². The lowest BCUT2D eigenvalue weighted by Crippen LogP contribution is -2.41. The van der Waals surface area contributed by atoms with E-state index >= 15 is 0 Å². The molecule has 2 aromatic carbocycles. The number of aromatic nitrogens is 2. The summed E-state index contributed by atoms with van der Waals surface area (Å²) in [5.74, 6) is 0.942. The van der Waals surface area contributed by atoms with Crippen molar-refractivity contribution < 1.29 is 9.31 Å². The Labute approximate surface area is 172 Å². The maximum atomic E-state index is 6.26. The van der Waals surface area contributed by atoms with E-state index in [2.05, 4.69) is 73.8 Å². The van der Waals surface area contributed by atoms with Gasteiger partial charge < -0.3 is 14.2 Å². The Morgan fingerprint density at radius 3 is 2.48 bits per heavy atom. The minimum atomic E-state index is -0.398. The average molecular weight is 387 g/mol. The topological polar surface area (TPSA) is 47.5 Å². The van der Waals surface area contributed by atoms with Crippen LogP contribution in [0.5, 0.6) is 0 Å². The van der Waals surface area contributed by atoms with Gasteiger partial charge in [0.2, 0.25) is 0 Å². The monoisotopic (exact) mass is 387 g/mol. The van der Waals surface area contributed by atoms with Crippen molar-refractivity contribution >= 4 is 35.0 Å². The Kier molecular flexibility index (Phi) is 4.02. The zero-order chi connectivity index (χ0) is 20.4. The first kappa shape index (κ1) is 18.6. The van der Waals surface area contributed by atoms with Crippen molar-refractivity contribution in [2.75, 3.05) is 11.4 Å². The number of anilines is 2. The molecule has 0 radical (unpaired) electrons. The van der Waals surface area contributed by atoms with Gasteiger partial charge in [0.15, 0.2) is 0 Å². The number of nitrogens with zero attached hydrogens (tertiary/aromatic N) is 3. The summed E-state index contributed by atoms with van der Waals surface area (Å²) in [7, 11) is -0.398. The fourth-order valence-corrected chi connectivity index (χ4v) is 4.11. The molecule has 5 rings (SSSR count). The summed E-state index contributed by atoms with van der Waals surface area (Å²) in [6.45, 7) is 11.4. The maximum absolute atomic E-state index is 6.26. The molecule has 0 saturated carbocycles. The molecule has 5 nitrogen and oxygen atoms in total. The highest BCUT2D eigenvalue weighted by molar-refractivity contribution is 6.62. The number of hydrogen-bond donors (Lipinski definition) is 0. The molecule has 148 valence electrons. The molecule has 2 aliphatic rings. The quantitative estimate of drug-likeness (QED) is 0.624. The van der Waals surface area contributed by atoms with Crippen LogP contribution in [-0.2, 0) is 15.7 Å². The lowest BCUT2D eigenvalue weighted by Gasteiger charge is -2.32. The summed E-state index contributed by atoms with van der Waals surface area (Å²) in [5.41, 5.74) is 5.05. The number of fused-ring (bicyclic) bond motifs is 2. The van der Waals surface area contributed by atoms with Gasteiger partial charge in [0, 0.05) is 17.6 Å². The number of benzene rings is 2. The lowest BCUT2D eigenvalue weighted by molar-refractivity contribution is 0.00578. The van der Waals surface area contributed by atoms with E-state index < -0.39 is 7.12 Å². The van der Waals surface area contributed by atoms with Crippen molar-refractivity contribution in [2.24, 2.45) is 0 Å². The van der Waals surface area contributed by atoms with E-state index in [0.717, 1.165) is 35.1 Å². The summed E-state index contributed by atoms with van der Waals surface area (Å²) in [6, 6.07) is 12.9. The number of hydrogen-bond acceptors (Lipinski definition) is 5. The fourth-order valence-electron chi connectivity index (χ4n) is 4.11. The highest BCUT2D eigenvalue weighted by Gasteiger charge is 2.51. The molecule has 3 aromatic rings. The Bertz CT molecular complexity index is 1100. The zero-order valence-electron chi connectivity index (χ0n) is 17.7. The SMILES string of the molecule is Cc1ccc2c(c1)N(c1ncnc3ccc(B4OC(C)(C)C(C)(C)O4)cc13)CC2. The minimum absolute atomic E-state index is 0.367. The Balaban J connectivity index is 1.59. The third-order valence-corrected chi connectivity index (χ3v) is 6.56. The lowest BCUT2D eigenvalue weighted by atomic mass is 9.78. The minimum Gasteiger partial charge on any atom is -0.399 e. The molecule has 0 N–H and O–H groups in total. The van der Waals surface area contributed by atoms with E-state index in [0.29, 0.717) is 0 Å². The van der Waals surface area contributed by atoms with Gasteiger partial charge in [-0.15, -0.1) is 0 Å². The van der Waals surface area contributed by atoms with Gasteiger partial charge in [0.05, 0.1) is 16.7 Å². The third kappa shape index (κ3) is 2.93. The second kappa shape index (κ2) is 6.28. The second-order valence-corrected chi connectivity index (χ2v) is 9.10. The molecule has 0 bridgehead atoms. The van der Waals surface area contributed by atoms with Crippen LogP contribution >= 0.6 is 0 Å². The predicted molar refractivity (Wildman–Crippen MR) is 117 cm³/mol. The van der Waals surface area contributed by atoms with Gasteiger partial charge in [0.25, 0.3) is 0 Å². The smallest absolute Gasteiger partial charge is 0.399 e. The van der Waals surface area contributed by atoms with Gasteiger partial charge in [-0.05, 0) is 75.8 Å². The highest BCUT2D eigenvalue weighted by atomic mass is 16.7. The summed E-state index contributed by atoms with van der Waals surface area (Å²) in [5, 5.41) is 1.02. The molecular weight excluding hydrogens is 361 g/mol. The van der Waals surface area contributed by atoms with Crippen LogP contribution in [0.1, 0.15) is 38.8 Å². The molecular formula is C23H26BN3O2. The standard InChI is InChI=1S/C23H26BN3O2/c1-15-6-7-16-10-11-27(20(16)12-15)21-18-13-17(8-9-19(18)25-14-26-21)24-28-22(2,3)23(4,5)29-24/h6-9,12-14H,10-11H2,1-5H3. The fraction of sp³-hybridized carbons (Fsp3) is 0.391. The van der Waals surface area contributed by atoms with E-state index in [1.807, 2.05) is 12.1 Å². The Hall–Kier alpha value is -2.44. The van der Waals surface area contributed by atoms with Crippen LogP contribution in [0.2, 0.25) is 0 Å². The average Bonchev–Trinajstić information content (AvgIpc) is 3.18. The van der Waals surface area contributed by atoms with Crippen LogP contribution in [0.3, 0.4) is 0 Å². The highest BCUT2D eigenvalue weighted by Crippen LogP contribution is 2.38. The summed E-state index contributed by atoms with van der Waals surface area (Å²) in [6.07, 6.45) is 2.68. The number of rotatable bonds is 2. The molecule has 0 amide bonds. The maximum Gasteiger partial charge on any atom is 0.494 e. The van der Waals surface area contributed by atoms with Crippen LogP contribution in [0, 0.1) is 6.92 Å². The van der Waals surface area contributed by atoms with E-state index in [1.54, 1.807) is 6.33 Å². The molecule has 0 atom stereocenters. The van der Waals surface area contributed by atoms with Crippen molar-refractivity contribution in [3.63, 3.8) is 0 Å². The molecule has 1 fully saturated rings. The number of aryl methyl sites for hydroxylation is 1. The van der Waals surface area contributed by atoms with Gasteiger partial charge in [-0.3, -0.25) is 0 Å². The van der Waals surface area contributed by atoms with Crippen LogP contribution < -0.4 is 10.4 Å². The Morgan fingerprint density at radius 2 is 1.72 bits per heavy atom. The first-order chi connectivity index (χ1) is 13.7. The van der Waals surface area contributed by atoms with E-state index in [-0.39, 0.29) is 11.2 Å². The van der Waals surface area contributed by atoms with Gasteiger partial charge in [-0.25, -0.2) is 9.97 Å². The van der Waals surface area contributed by atoms with Crippen LogP contribution in [0.25, 0.3) is 10.9 Å². The zero-order valence-corrected chi connectivity index (χ0v) is 17.7. The molecule has 1 aromatic heterocycles. The molecule has 1 saturated heterocycles. The Morgan fingerprint density at radius 1 is 0.966 bits per heavy atom. The first-order valence-electron chi connectivity index (χ1n) is 10.2. The molecule has 0 spiro atoms. The van der Waals surface area contributed by atoms with Crippen molar-refractivity contribution in [1.82, 2.24) is 9.97 Å². The third-order valence-electron chi connectivity index (χ3n) is 6.56. The molecule has 0 aliphatic carbocycles. The molecule has 29 heavy (non-hydrogen) atoms. The van der Waals surface area contributed by atoms with Gasteiger partial charge >= 0.3 is 7.12 Å². The predicted octanol–water partition coefficient (Wildman–Crippen LogP) is 3.93. The van der Waals surface area contributed by atoms with E-state index in [4.69, 9.17) is 9.31 Å². The largest absolute Gasteiger partial charge is 0.494 e. The first-order valence-corrected chi connectivity index (χ1v) is 10.2. The van der Waals surface area contributed by atoms with Crippen LogP contribution in [0.15, 0.2) is 42.7 Å². The van der Waals surface area contributed by atoms with E-state index in [9.17, 15) is 0 Å². The van der Waals surface area contributed by atoms with E-state index in [1.165, 1.54) is 16.8 Å². The summed E-state index contributed by atoms with van der Waals surface area (Å²) in [4.78, 5) is 11.5. The van der Waals surface area contributed by atoms with Crippen LogP contribution in [0.4, 0.5) is 11.5 Å². The van der Waals surface area contributed by atoms with Crippen molar-refractivity contribution in [1.29, 1.82) is 0 Å². The molecule has 6 heteroatoms. The van der Waals surface area contributed by atoms with Crippen molar-refractivity contribution in [3.05, 3.63) is 53.9 Å². The van der Waals surface area contributed by atoms with Gasteiger partial charge in [0.1, 0.15) is 12.1 Å². The molecule has 2 aliphatic heterocycles. The van der Waals surface area contributed by atoms with Crippen molar-refractivity contribution in [3.8, 4) is 0 Å². The van der Waals surface area contributed by atoms with Crippen molar-refractivity contribution in [2.45, 2.75) is 52.2 Å². The normalized spacial score (nSPS) is 19.8. The molecule has 0 unspecified atom stereocenters. The second-order valence-electron chi connectivity index (χ2n) is 9.10.